The van der Waals surface area contributed by atoms with E-state index in [0.29, 0.717) is 0 Å². The number of ether oxygens (including phenoxy) is 2. The van der Waals surface area contributed by atoms with Gasteiger partial charge in [0.2, 0.25) is 0 Å². The Morgan fingerprint density at radius 2 is 1.95 bits per heavy atom. The molecule has 3 atom stereocenters. The van der Waals surface area contributed by atoms with Crippen molar-refractivity contribution in [3.8, 4) is 0 Å². The summed E-state index contributed by atoms with van der Waals surface area (Å²) in [6.45, 7) is 0.381. The average Bonchev–Trinajstić information content (AvgIpc) is 2.53. The molecule has 1 aromatic rings. The van der Waals surface area contributed by atoms with Gasteiger partial charge in [0.25, 0.3) is 0 Å². The zero-order chi connectivity index (χ0) is 14.4. The normalized spacial score (nSPS) is 26.1. The fraction of sp³-hybridized carbons (Fsp3) is 0.625. The van der Waals surface area contributed by atoms with Gasteiger partial charge in [-0.15, -0.1) is 0 Å². The van der Waals surface area contributed by atoms with Crippen LogP contribution in [0.5, 0.6) is 0 Å². The van der Waals surface area contributed by atoms with Gasteiger partial charge in [0.15, 0.2) is 0 Å². The third-order valence-corrected chi connectivity index (χ3v) is 4.12. The molecular formula is C16H25NO3. The van der Waals surface area contributed by atoms with Gasteiger partial charge in [0.05, 0.1) is 18.8 Å². The van der Waals surface area contributed by atoms with Gasteiger partial charge in [-0.2, -0.15) is 0 Å². The lowest BCUT2D eigenvalue weighted by Crippen LogP contribution is -2.41. The Morgan fingerprint density at radius 1 is 1.25 bits per heavy atom. The molecule has 0 aromatic heterocycles. The standard InChI is InChI=1S/C16H25NO3/c1-19-14-8-5-9-15(10-14)20-12-16(18,11-17)13-6-3-2-4-7-13/h2-4,6-7,14-15,18H,5,8-12,17H2,1H3. The number of methoxy groups -OCH3 is 1. The Kier molecular flexibility index (Phi) is 5.54. The lowest BCUT2D eigenvalue weighted by atomic mass is 9.93. The predicted octanol–water partition coefficient (Wildman–Crippen LogP) is 1.81. The monoisotopic (exact) mass is 279 g/mol. The molecule has 1 aromatic carbocycles. The van der Waals surface area contributed by atoms with Gasteiger partial charge in [0.1, 0.15) is 5.60 Å². The van der Waals surface area contributed by atoms with Crippen molar-refractivity contribution in [3.05, 3.63) is 35.9 Å². The highest BCUT2D eigenvalue weighted by Crippen LogP contribution is 2.26. The summed E-state index contributed by atoms with van der Waals surface area (Å²) < 4.78 is 11.3. The molecule has 0 bridgehead atoms. The Bertz CT molecular complexity index is 398. The molecule has 0 saturated heterocycles. The number of rotatable bonds is 6. The summed E-state index contributed by atoms with van der Waals surface area (Å²) in [4.78, 5) is 0. The van der Waals surface area contributed by atoms with E-state index in [-0.39, 0.29) is 25.4 Å². The number of nitrogens with two attached hydrogens (primary N) is 1. The molecule has 3 N–H and O–H groups in total. The molecule has 0 spiro atoms. The Hall–Kier alpha value is -0.940. The predicted molar refractivity (Wildman–Crippen MR) is 78.4 cm³/mol. The maximum absolute atomic E-state index is 10.7. The highest BCUT2D eigenvalue weighted by atomic mass is 16.5. The minimum absolute atomic E-state index is 0.149. The van der Waals surface area contributed by atoms with Gasteiger partial charge in [-0.05, 0) is 31.2 Å². The topological polar surface area (TPSA) is 64.7 Å². The summed E-state index contributed by atoms with van der Waals surface area (Å²) in [6, 6.07) is 9.49. The van der Waals surface area contributed by atoms with Crippen LogP contribution >= 0.6 is 0 Å². The van der Waals surface area contributed by atoms with Gasteiger partial charge in [-0.25, -0.2) is 0 Å². The second kappa shape index (κ2) is 7.18. The molecule has 1 aliphatic carbocycles. The summed E-state index contributed by atoms with van der Waals surface area (Å²) in [5.74, 6) is 0. The second-order valence-corrected chi connectivity index (χ2v) is 5.56. The molecule has 1 fully saturated rings. The van der Waals surface area contributed by atoms with Gasteiger partial charge < -0.3 is 20.3 Å². The van der Waals surface area contributed by atoms with Crippen LogP contribution in [0.1, 0.15) is 31.2 Å². The zero-order valence-electron chi connectivity index (χ0n) is 12.1. The first kappa shape index (κ1) is 15.4. The number of hydrogen-bond acceptors (Lipinski definition) is 4. The van der Waals surface area contributed by atoms with Gasteiger partial charge >= 0.3 is 0 Å². The largest absolute Gasteiger partial charge is 0.381 e. The maximum atomic E-state index is 10.7. The molecular weight excluding hydrogens is 254 g/mol. The molecule has 3 unspecified atom stereocenters. The molecule has 112 valence electrons. The van der Waals surface area contributed by atoms with Crippen LogP contribution in [-0.2, 0) is 15.1 Å². The van der Waals surface area contributed by atoms with E-state index in [1.165, 1.54) is 0 Å². The quantitative estimate of drug-likeness (QED) is 0.833. The van der Waals surface area contributed by atoms with E-state index in [4.69, 9.17) is 15.2 Å². The van der Waals surface area contributed by atoms with Crippen LogP contribution in [0, 0.1) is 0 Å². The summed E-state index contributed by atoms with van der Waals surface area (Å²) in [7, 11) is 1.74. The van der Waals surface area contributed by atoms with Crippen molar-refractivity contribution in [2.24, 2.45) is 5.73 Å². The molecule has 4 nitrogen and oxygen atoms in total. The van der Waals surface area contributed by atoms with Gasteiger partial charge in [-0.1, -0.05) is 30.3 Å². The fourth-order valence-corrected chi connectivity index (χ4v) is 2.73. The molecule has 1 saturated carbocycles. The number of aliphatic hydroxyl groups is 1. The smallest absolute Gasteiger partial charge is 0.125 e. The number of benzene rings is 1. The van der Waals surface area contributed by atoms with Gasteiger partial charge in [-0.3, -0.25) is 0 Å². The lowest BCUT2D eigenvalue weighted by molar-refractivity contribution is -0.0957. The molecule has 0 amide bonds. The Balaban J connectivity index is 1.93. The Morgan fingerprint density at radius 3 is 2.60 bits per heavy atom. The van der Waals surface area contributed by atoms with Crippen LogP contribution in [0.15, 0.2) is 30.3 Å². The van der Waals surface area contributed by atoms with Crippen molar-refractivity contribution in [3.63, 3.8) is 0 Å². The first-order valence-electron chi connectivity index (χ1n) is 7.30. The van der Waals surface area contributed by atoms with E-state index in [2.05, 4.69) is 0 Å². The van der Waals surface area contributed by atoms with E-state index >= 15 is 0 Å². The van der Waals surface area contributed by atoms with Crippen LogP contribution in [0.4, 0.5) is 0 Å². The van der Waals surface area contributed by atoms with Crippen LogP contribution in [0.25, 0.3) is 0 Å². The maximum Gasteiger partial charge on any atom is 0.125 e. The van der Waals surface area contributed by atoms with E-state index < -0.39 is 5.60 Å². The van der Waals surface area contributed by atoms with Crippen molar-refractivity contribution in [2.75, 3.05) is 20.3 Å². The zero-order valence-corrected chi connectivity index (χ0v) is 12.1. The van der Waals surface area contributed by atoms with Crippen molar-refractivity contribution >= 4 is 0 Å². The molecule has 1 aliphatic rings. The van der Waals surface area contributed by atoms with E-state index in [9.17, 15) is 5.11 Å². The van der Waals surface area contributed by atoms with E-state index in [1.807, 2.05) is 30.3 Å². The van der Waals surface area contributed by atoms with Crippen LogP contribution in [0.2, 0.25) is 0 Å². The highest BCUT2D eigenvalue weighted by molar-refractivity contribution is 5.22. The molecule has 0 radical (unpaired) electrons. The molecule has 4 heteroatoms. The van der Waals surface area contributed by atoms with Gasteiger partial charge in [0, 0.05) is 13.7 Å². The van der Waals surface area contributed by atoms with Crippen molar-refractivity contribution in [1.29, 1.82) is 0 Å². The summed E-state index contributed by atoms with van der Waals surface area (Å²) >= 11 is 0. The fourth-order valence-electron chi connectivity index (χ4n) is 2.73. The highest BCUT2D eigenvalue weighted by Gasteiger charge is 2.30. The second-order valence-electron chi connectivity index (χ2n) is 5.56. The third-order valence-electron chi connectivity index (χ3n) is 4.12. The van der Waals surface area contributed by atoms with E-state index in [1.54, 1.807) is 7.11 Å². The van der Waals surface area contributed by atoms with Crippen molar-refractivity contribution in [2.45, 2.75) is 43.5 Å². The number of hydrogen-bond donors (Lipinski definition) is 2. The van der Waals surface area contributed by atoms with Crippen molar-refractivity contribution in [1.82, 2.24) is 0 Å². The molecule has 0 aliphatic heterocycles. The summed E-state index contributed by atoms with van der Waals surface area (Å²) in [6.07, 6.45) is 4.54. The third kappa shape index (κ3) is 3.79. The summed E-state index contributed by atoms with van der Waals surface area (Å²) in [5, 5.41) is 10.7. The molecule has 0 heterocycles. The van der Waals surface area contributed by atoms with E-state index in [0.717, 1.165) is 31.2 Å². The minimum Gasteiger partial charge on any atom is -0.381 e. The molecule has 2 rings (SSSR count). The van der Waals surface area contributed by atoms with Crippen LogP contribution in [-0.4, -0.2) is 37.6 Å². The lowest BCUT2D eigenvalue weighted by Gasteiger charge is -2.32. The van der Waals surface area contributed by atoms with Crippen LogP contribution < -0.4 is 5.73 Å². The SMILES string of the molecule is COC1CCCC(OCC(O)(CN)c2ccccc2)C1. The first-order valence-corrected chi connectivity index (χ1v) is 7.30. The van der Waals surface area contributed by atoms with Crippen LogP contribution in [0.3, 0.4) is 0 Å². The molecule has 20 heavy (non-hydrogen) atoms. The Labute approximate surface area is 120 Å². The average molecular weight is 279 g/mol. The van der Waals surface area contributed by atoms with Crippen molar-refractivity contribution < 1.29 is 14.6 Å². The minimum atomic E-state index is -1.11. The summed E-state index contributed by atoms with van der Waals surface area (Å²) in [5.41, 5.74) is 5.45. The first-order chi connectivity index (χ1) is 9.68.